The maximum absolute atomic E-state index is 11.8. The Morgan fingerprint density at radius 3 is 2.40 bits per heavy atom. The van der Waals surface area contributed by atoms with Gasteiger partial charge in [-0.1, -0.05) is 31.2 Å². The number of carbonyl (C=O) groups excluding carboxylic acids is 2. The number of hydrogen-bond donors (Lipinski definition) is 0. The molecule has 0 saturated carbocycles. The lowest BCUT2D eigenvalue weighted by atomic mass is 10.0. The first-order chi connectivity index (χ1) is 9.58. The van der Waals surface area contributed by atoms with Gasteiger partial charge in [0.2, 0.25) is 0 Å². The number of benzene rings is 1. The average Bonchev–Trinajstić information content (AvgIpc) is 2.45. The Hall–Kier alpha value is -1.35. The molecule has 0 radical (unpaired) electrons. The minimum Gasteiger partial charge on any atom is -0.458 e. The third-order valence-corrected chi connectivity index (χ3v) is 3.27. The van der Waals surface area contributed by atoms with E-state index in [1.165, 1.54) is 0 Å². The van der Waals surface area contributed by atoms with E-state index in [-0.39, 0.29) is 17.9 Å². The monoisotopic (exact) mass is 296 g/mol. The third-order valence-electron chi connectivity index (χ3n) is 3.00. The van der Waals surface area contributed by atoms with Crippen LogP contribution >= 0.6 is 11.6 Å². The van der Waals surface area contributed by atoms with E-state index in [2.05, 4.69) is 0 Å². The summed E-state index contributed by atoms with van der Waals surface area (Å²) in [7, 11) is 0. The van der Waals surface area contributed by atoms with Crippen LogP contribution in [0.2, 0.25) is 0 Å². The number of ether oxygens (including phenoxy) is 1. The lowest BCUT2D eigenvalue weighted by Crippen LogP contribution is -2.08. The summed E-state index contributed by atoms with van der Waals surface area (Å²) in [5.74, 6) is 0.393. The molecule has 0 aliphatic carbocycles. The quantitative estimate of drug-likeness (QED) is 0.408. The SMILES string of the molecule is CCCC(=O)OC(C)c1ccc(C(=O)CCCCl)cc1. The van der Waals surface area contributed by atoms with Gasteiger partial charge in [0.05, 0.1) is 0 Å². The van der Waals surface area contributed by atoms with Crippen molar-refractivity contribution in [3.05, 3.63) is 35.4 Å². The molecule has 0 spiro atoms. The maximum Gasteiger partial charge on any atom is 0.306 e. The number of carbonyl (C=O) groups is 2. The molecule has 1 unspecified atom stereocenters. The van der Waals surface area contributed by atoms with E-state index in [1.807, 2.05) is 26.0 Å². The van der Waals surface area contributed by atoms with E-state index in [1.54, 1.807) is 12.1 Å². The standard InChI is InChI=1S/C16H21ClO3/c1-3-5-16(19)20-12(2)13-7-9-14(10-8-13)15(18)6-4-11-17/h7-10,12H,3-6,11H2,1-2H3. The van der Waals surface area contributed by atoms with Gasteiger partial charge < -0.3 is 4.74 Å². The van der Waals surface area contributed by atoms with Crippen LogP contribution in [-0.4, -0.2) is 17.6 Å². The Bertz CT molecular complexity index is 440. The molecular formula is C16H21ClO3. The lowest BCUT2D eigenvalue weighted by molar-refractivity contribution is -0.148. The van der Waals surface area contributed by atoms with E-state index in [9.17, 15) is 9.59 Å². The molecule has 0 aliphatic rings. The molecule has 0 saturated heterocycles. The molecule has 1 aromatic carbocycles. The van der Waals surface area contributed by atoms with E-state index >= 15 is 0 Å². The van der Waals surface area contributed by atoms with Crippen molar-refractivity contribution in [1.82, 2.24) is 0 Å². The van der Waals surface area contributed by atoms with Gasteiger partial charge in [-0.2, -0.15) is 0 Å². The van der Waals surface area contributed by atoms with Crippen LogP contribution in [0.4, 0.5) is 0 Å². The predicted octanol–water partition coefficient (Wildman–Crippen LogP) is 4.29. The van der Waals surface area contributed by atoms with Gasteiger partial charge in [0.25, 0.3) is 0 Å². The smallest absolute Gasteiger partial charge is 0.306 e. The molecule has 0 heterocycles. The van der Waals surface area contributed by atoms with Crippen molar-refractivity contribution >= 4 is 23.4 Å². The summed E-state index contributed by atoms with van der Waals surface area (Å²) in [5.41, 5.74) is 1.56. The van der Waals surface area contributed by atoms with Crippen molar-refractivity contribution in [2.24, 2.45) is 0 Å². The zero-order valence-corrected chi connectivity index (χ0v) is 12.8. The second kappa shape index (κ2) is 8.75. The van der Waals surface area contributed by atoms with Crippen LogP contribution < -0.4 is 0 Å². The van der Waals surface area contributed by atoms with E-state index < -0.39 is 0 Å². The minimum absolute atomic E-state index is 0.0906. The fraction of sp³-hybridized carbons (Fsp3) is 0.500. The molecule has 1 rings (SSSR count). The van der Waals surface area contributed by atoms with Crippen LogP contribution in [0.25, 0.3) is 0 Å². The van der Waals surface area contributed by atoms with Crippen molar-refractivity contribution in [2.75, 3.05) is 5.88 Å². The number of ketones is 1. The maximum atomic E-state index is 11.8. The lowest BCUT2D eigenvalue weighted by Gasteiger charge is -2.13. The van der Waals surface area contributed by atoms with Crippen molar-refractivity contribution in [2.45, 2.75) is 45.6 Å². The fourth-order valence-electron chi connectivity index (χ4n) is 1.84. The summed E-state index contributed by atoms with van der Waals surface area (Å²) >= 11 is 5.57. The number of halogens is 1. The largest absolute Gasteiger partial charge is 0.458 e. The first-order valence-electron chi connectivity index (χ1n) is 6.97. The Balaban J connectivity index is 2.61. The van der Waals surface area contributed by atoms with E-state index in [0.29, 0.717) is 30.7 Å². The number of rotatable bonds is 8. The highest BCUT2D eigenvalue weighted by Crippen LogP contribution is 2.19. The van der Waals surface area contributed by atoms with Crippen molar-refractivity contribution in [3.63, 3.8) is 0 Å². The molecule has 3 nitrogen and oxygen atoms in total. The van der Waals surface area contributed by atoms with Gasteiger partial charge in [-0.15, -0.1) is 11.6 Å². The molecule has 0 N–H and O–H groups in total. The minimum atomic E-state index is -0.291. The zero-order valence-electron chi connectivity index (χ0n) is 12.0. The highest BCUT2D eigenvalue weighted by atomic mass is 35.5. The molecule has 0 aromatic heterocycles. The molecule has 0 aliphatic heterocycles. The van der Waals surface area contributed by atoms with Gasteiger partial charge >= 0.3 is 5.97 Å². The van der Waals surface area contributed by atoms with Crippen LogP contribution in [0.1, 0.15) is 61.6 Å². The normalized spacial score (nSPS) is 11.9. The number of esters is 1. The summed E-state index contributed by atoms with van der Waals surface area (Å²) in [4.78, 5) is 23.2. The molecule has 20 heavy (non-hydrogen) atoms. The first-order valence-corrected chi connectivity index (χ1v) is 7.50. The van der Waals surface area contributed by atoms with Crippen LogP contribution in [0.15, 0.2) is 24.3 Å². The Morgan fingerprint density at radius 1 is 1.20 bits per heavy atom. The molecule has 0 bridgehead atoms. The predicted molar refractivity (Wildman–Crippen MR) is 80.1 cm³/mol. The molecule has 4 heteroatoms. The summed E-state index contributed by atoms with van der Waals surface area (Å²) < 4.78 is 5.30. The molecule has 1 aromatic rings. The first kappa shape index (κ1) is 16.7. The van der Waals surface area contributed by atoms with Gasteiger partial charge in [-0.05, 0) is 25.3 Å². The number of Topliss-reactive ketones (excluding diaryl/α,β-unsaturated/α-hetero) is 1. The second-order valence-electron chi connectivity index (χ2n) is 4.72. The zero-order chi connectivity index (χ0) is 15.0. The van der Waals surface area contributed by atoms with Crippen LogP contribution in [0.3, 0.4) is 0 Å². The average molecular weight is 297 g/mol. The second-order valence-corrected chi connectivity index (χ2v) is 5.10. The highest BCUT2D eigenvalue weighted by Gasteiger charge is 2.12. The number of hydrogen-bond acceptors (Lipinski definition) is 3. The Morgan fingerprint density at radius 2 is 1.85 bits per heavy atom. The molecule has 0 amide bonds. The van der Waals surface area contributed by atoms with Crippen molar-refractivity contribution < 1.29 is 14.3 Å². The highest BCUT2D eigenvalue weighted by molar-refractivity contribution is 6.18. The van der Waals surface area contributed by atoms with Gasteiger partial charge in [0.15, 0.2) is 5.78 Å². The molecule has 0 fully saturated rings. The number of alkyl halides is 1. The molecular weight excluding hydrogens is 276 g/mol. The van der Waals surface area contributed by atoms with E-state index in [4.69, 9.17) is 16.3 Å². The Labute approximate surface area is 125 Å². The van der Waals surface area contributed by atoms with Gasteiger partial charge in [0, 0.05) is 24.3 Å². The van der Waals surface area contributed by atoms with Gasteiger partial charge in [-0.3, -0.25) is 9.59 Å². The van der Waals surface area contributed by atoms with E-state index in [0.717, 1.165) is 12.0 Å². The summed E-state index contributed by atoms with van der Waals surface area (Å²) in [6, 6.07) is 7.21. The van der Waals surface area contributed by atoms with Gasteiger partial charge in [0.1, 0.15) is 6.10 Å². The molecule has 1 atom stereocenters. The van der Waals surface area contributed by atoms with Crippen molar-refractivity contribution in [1.29, 1.82) is 0 Å². The van der Waals surface area contributed by atoms with Crippen LogP contribution in [0, 0.1) is 0 Å². The van der Waals surface area contributed by atoms with Crippen LogP contribution in [0.5, 0.6) is 0 Å². The summed E-state index contributed by atoms with van der Waals surface area (Å²) in [6.07, 6.45) is 2.07. The fourth-order valence-corrected chi connectivity index (χ4v) is 1.97. The molecule has 110 valence electrons. The Kier molecular flexibility index (Phi) is 7.31. The van der Waals surface area contributed by atoms with Crippen LogP contribution in [-0.2, 0) is 9.53 Å². The summed E-state index contributed by atoms with van der Waals surface area (Å²) in [6.45, 7) is 3.77. The summed E-state index contributed by atoms with van der Waals surface area (Å²) in [5, 5.41) is 0. The van der Waals surface area contributed by atoms with Gasteiger partial charge in [-0.25, -0.2) is 0 Å². The van der Waals surface area contributed by atoms with Crippen molar-refractivity contribution in [3.8, 4) is 0 Å². The topological polar surface area (TPSA) is 43.4 Å². The third kappa shape index (κ3) is 5.33.